The molecule has 2 atom stereocenters. The number of benzene rings is 1. The molecule has 0 spiro atoms. The Hall–Kier alpha value is -1.64. The zero-order valence-corrected chi connectivity index (χ0v) is 17.3. The van der Waals surface area contributed by atoms with E-state index in [-0.39, 0.29) is 6.04 Å². The van der Waals surface area contributed by atoms with Crippen LogP contribution in [0.1, 0.15) is 32.8 Å². The van der Waals surface area contributed by atoms with Gasteiger partial charge in [0.1, 0.15) is 0 Å². The van der Waals surface area contributed by atoms with Crippen molar-refractivity contribution in [3.63, 3.8) is 0 Å². The molecule has 1 aromatic rings. The highest BCUT2D eigenvalue weighted by Gasteiger charge is 2.17. The lowest BCUT2D eigenvalue weighted by atomic mass is 10.1. The Morgan fingerprint density at radius 2 is 2.15 bits per heavy atom. The van der Waals surface area contributed by atoms with Gasteiger partial charge in [0.15, 0.2) is 10.3 Å². The Morgan fingerprint density at radius 3 is 2.77 bits per heavy atom. The highest BCUT2D eigenvalue weighted by Crippen LogP contribution is 2.24. The van der Waals surface area contributed by atoms with Crippen LogP contribution < -0.4 is 16.1 Å². The maximum absolute atomic E-state index is 5.22. The van der Waals surface area contributed by atoms with E-state index in [1.54, 1.807) is 7.11 Å². The van der Waals surface area contributed by atoms with Gasteiger partial charge in [0.2, 0.25) is 0 Å². The first-order valence-electron chi connectivity index (χ1n) is 8.70. The van der Waals surface area contributed by atoms with Crippen LogP contribution in [-0.4, -0.2) is 47.5 Å². The predicted octanol–water partition coefficient (Wildman–Crippen LogP) is 3.20. The van der Waals surface area contributed by atoms with Crippen molar-refractivity contribution in [2.24, 2.45) is 10.1 Å². The molecule has 0 radical (unpaired) electrons. The van der Waals surface area contributed by atoms with Crippen LogP contribution in [0.3, 0.4) is 0 Å². The minimum Gasteiger partial charge on any atom is -0.383 e. The van der Waals surface area contributed by atoms with Gasteiger partial charge in [0.25, 0.3) is 0 Å². The first kappa shape index (κ1) is 20.7. The number of nitrogens with zero attached hydrogens (tertiary/aromatic N) is 2. The summed E-state index contributed by atoms with van der Waals surface area (Å²) in [6.45, 7) is 7.62. The standard InChI is InChI=1S/C18H27N5OS2/c1-5-16-10-19-18(26-16)21-15-8-6-14(7-9-15)13(3)22-23-17(25)20-12(2)11-24-4/h6-9,12,16H,5,10-11H2,1-4H3,(H,19,21)(H2,20,23,25)/b22-13-/t12-,16-/m0/s1. The maximum atomic E-state index is 5.22. The van der Waals surface area contributed by atoms with E-state index >= 15 is 0 Å². The van der Waals surface area contributed by atoms with Crippen molar-refractivity contribution in [2.75, 3.05) is 25.6 Å². The molecule has 1 heterocycles. The average molecular weight is 394 g/mol. The van der Waals surface area contributed by atoms with Gasteiger partial charge in [-0.25, -0.2) is 0 Å². The van der Waals surface area contributed by atoms with Crippen LogP contribution in [0, 0.1) is 0 Å². The summed E-state index contributed by atoms with van der Waals surface area (Å²) in [5.74, 6) is 0. The van der Waals surface area contributed by atoms with Crippen LogP contribution >= 0.6 is 24.0 Å². The molecule has 8 heteroatoms. The number of hydrogen-bond donors (Lipinski definition) is 3. The minimum absolute atomic E-state index is 0.129. The Balaban J connectivity index is 1.86. The molecule has 0 amide bonds. The van der Waals surface area contributed by atoms with Crippen molar-refractivity contribution in [1.29, 1.82) is 0 Å². The summed E-state index contributed by atoms with van der Waals surface area (Å²) in [7, 11) is 1.66. The molecule has 1 aliphatic rings. The molecule has 1 aliphatic heterocycles. The summed E-state index contributed by atoms with van der Waals surface area (Å²) >= 11 is 7.03. The number of nitrogens with one attached hydrogen (secondary N) is 3. The number of thiocarbonyl (C=S) groups is 1. The van der Waals surface area contributed by atoms with Gasteiger partial charge in [0.05, 0.1) is 18.9 Å². The molecule has 0 aromatic heterocycles. The lowest BCUT2D eigenvalue weighted by Crippen LogP contribution is -2.40. The highest BCUT2D eigenvalue weighted by atomic mass is 32.2. The molecule has 6 nitrogen and oxygen atoms in total. The Kier molecular flexibility index (Phi) is 8.34. The third-order valence-corrected chi connectivity index (χ3v) is 5.32. The molecular weight excluding hydrogens is 366 g/mol. The van der Waals surface area contributed by atoms with E-state index in [0.717, 1.165) is 35.1 Å². The molecule has 0 aliphatic carbocycles. The van der Waals surface area contributed by atoms with E-state index in [0.29, 0.717) is 17.0 Å². The second-order valence-electron chi connectivity index (χ2n) is 6.14. The highest BCUT2D eigenvalue weighted by molar-refractivity contribution is 8.15. The number of methoxy groups -OCH3 is 1. The fourth-order valence-electron chi connectivity index (χ4n) is 2.36. The topological polar surface area (TPSA) is 70.0 Å². The van der Waals surface area contributed by atoms with Gasteiger partial charge in [-0.2, -0.15) is 5.10 Å². The lowest BCUT2D eigenvalue weighted by molar-refractivity contribution is 0.179. The number of ether oxygens (including phenoxy) is 1. The monoisotopic (exact) mass is 393 g/mol. The van der Waals surface area contributed by atoms with E-state index < -0.39 is 0 Å². The quantitative estimate of drug-likeness (QED) is 0.375. The maximum Gasteiger partial charge on any atom is 0.187 e. The van der Waals surface area contributed by atoms with Crippen LogP contribution in [0.2, 0.25) is 0 Å². The van der Waals surface area contributed by atoms with Crippen molar-refractivity contribution in [3.05, 3.63) is 29.8 Å². The molecule has 0 saturated heterocycles. The van der Waals surface area contributed by atoms with Crippen molar-refractivity contribution < 1.29 is 4.74 Å². The molecule has 142 valence electrons. The van der Waals surface area contributed by atoms with Gasteiger partial charge >= 0.3 is 0 Å². The second kappa shape index (κ2) is 10.5. The van der Waals surface area contributed by atoms with Crippen LogP contribution in [-0.2, 0) is 4.74 Å². The molecule has 0 fully saturated rings. The number of amidine groups is 1. The molecule has 2 rings (SSSR count). The van der Waals surface area contributed by atoms with Crippen LogP contribution in [0.4, 0.5) is 5.69 Å². The molecule has 26 heavy (non-hydrogen) atoms. The van der Waals surface area contributed by atoms with Gasteiger partial charge in [0, 0.05) is 24.1 Å². The van der Waals surface area contributed by atoms with Crippen LogP contribution in [0.5, 0.6) is 0 Å². The number of rotatable bonds is 7. The van der Waals surface area contributed by atoms with Gasteiger partial charge in [-0.1, -0.05) is 30.8 Å². The van der Waals surface area contributed by atoms with Gasteiger partial charge in [-0.3, -0.25) is 10.4 Å². The van der Waals surface area contributed by atoms with Crippen molar-refractivity contribution in [1.82, 2.24) is 10.7 Å². The molecular formula is C18H27N5OS2. The number of hydrogen-bond acceptors (Lipinski definition) is 6. The fraction of sp³-hybridized carbons (Fsp3) is 0.500. The number of aliphatic imine (C=N–C) groups is 1. The first-order chi connectivity index (χ1) is 12.5. The molecule has 0 unspecified atom stereocenters. The van der Waals surface area contributed by atoms with E-state index in [1.165, 1.54) is 0 Å². The lowest BCUT2D eigenvalue weighted by Gasteiger charge is -2.14. The van der Waals surface area contributed by atoms with Crippen LogP contribution in [0.15, 0.2) is 34.4 Å². The van der Waals surface area contributed by atoms with Gasteiger partial charge in [-0.05, 0) is 50.2 Å². The third kappa shape index (κ3) is 6.59. The third-order valence-electron chi connectivity index (χ3n) is 3.85. The summed E-state index contributed by atoms with van der Waals surface area (Å²) in [6.07, 6.45) is 1.14. The molecule has 0 bridgehead atoms. The summed E-state index contributed by atoms with van der Waals surface area (Å²) in [4.78, 5) is 4.53. The Bertz CT molecular complexity index is 660. The average Bonchev–Trinajstić information content (AvgIpc) is 3.08. The SMILES string of the molecule is CC[C@H]1CN=C(Nc2ccc(/C(C)=N\NC(=S)N[C@@H](C)COC)cc2)S1. The summed E-state index contributed by atoms with van der Waals surface area (Å²) in [5.41, 5.74) is 5.79. The summed E-state index contributed by atoms with van der Waals surface area (Å²) in [5, 5.41) is 12.9. The minimum atomic E-state index is 0.129. The first-order valence-corrected chi connectivity index (χ1v) is 9.99. The van der Waals surface area contributed by atoms with Gasteiger partial charge < -0.3 is 15.4 Å². The fourth-order valence-corrected chi connectivity index (χ4v) is 3.57. The van der Waals surface area contributed by atoms with E-state index in [4.69, 9.17) is 17.0 Å². The summed E-state index contributed by atoms with van der Waals surface area (Å²) < 4.78 is 5.07. The van der Waals surface area contributed by atoms with Crippen molar-refractivity contribution in [2.45, 2.75) is 38.5 Å². The van der Waals surface area contributed by atoms with E-state index in [9.17, 15) is 0 Å². The number of anilines is 1. The zero-order valence-electron chi connectivity index (χ0n) is 15.7. The van der Waals surface area contributed by atoms with Gasteiger partial charge in [-0.15, -0.1) is 0 Å². The molecule has 3 N–H and O–H groups in total. The number of thioether (sulfide) groups is 1. The molecule has 1 aromatic carbocycles. The largest absolute Gasteiger partial charge is 0.383 e. The van der Waals surface area contributed by atoms with E-state index in [2.05, 4.69) is 33.1 Å². The Labute approximate surface area is 165 Å². The smallest absolute Gasteiger partial charge is 0.187 e. The van der Waals surface area contributed by atoms with Crippen LogP contribution in [0.25, 0.3) is 0 Å². The van der Waals surface area contributed by atoms with Crippen molar-refractivity contribution in [3.8, 4) is 0 Å². The normalized spacial score (nSPS) is 18.2. The molecule has 0 saturated carbocycles. The Morgan fingerprint density at radius 1 is 1.42 bits per heavy atom. The summed E-state index contributed by atoms with van der Waals surface area (Å²) in [6, 6.07) is 8.26. The predicted molar refractivity (Wildman–Crippen MR) is 116 cm³/mol. The second-order valence-corrected chi connectivity index (χ2v) is 7.83. The van der Waals surface area contributed by atoms with E-state index in [1.807, 2.05) is 49.9 Å². The van der Waals surface area contributed by atoms with Crippen molar-refractivity contribution >= 4 is 45.7 Å². The zero-order chi connectivity index (χ0) is 18.9. The number of hydrazone groups is 1.